The molecule has 1 aromatic heterocycles. The molecule has 12 nitrogen and oxygen atoms in total. The van der Waals surface area contributed by atoms with Crippen LogP contribution < -0.4 is 32.2 Å². The number of halogens is 1. The fourth-order valence-electron chi connectivity index (χ4n) is 3.23. The first-order chi connectivity index (χ1) is 17.7. The molecule has 1 aromatic carbocycles. The van der Waals surface area contributed by atoms with E-state index in [1.807, 2.05) is 38.4 Å². The van der Waals surface area contributed by atoms with Crippen molar-refractivity contribution < 1.29 is 14.3 Å². The van der Waals surface area contributed by atoms with Gasteiger partial charge in [-0.05, 0) is 70.4 Å². The van der Waals surface area contributed by atoms with Gasteiger partial charge in [0.15, 0.2) is 35.0 Å². The molecule has 8 N–H and O–H groups in total. The number of ether oxygens (including phenoxy) is 1. The van der Waals surface area contributed by atoms with Crippen molar-refractivity contribution in [3.63, 3.8) is 0 Å². The lowest BCUT2D eigenvalue weighted by atomic mass is 10.1. The van der Waals surface area contributed by atoms with Gasteiger partial charge < -0.3 is 31.7 Å². The molecule has 2 aromatic rings. The lowest BCUT2D eigenvalue weighted by molar-refractivity contribution is -0.123. The molecule has 0 atom stereocenters. The number of guanidine groups is 1. The summed E-state index contributed by atoms with van der Waals surface area (Å²) in [5.74, 6) is -0.613. The second-order valence-electron chi connectivity index (χ2n) is 8.64. The van der Waals surface area contributed by atoms with E-state index in [1.165, 1.54) is 0 Å². The fraction of sp³-hybridized carbons (Fsp3) is 0.458. The number of aryl methyl sites for hydroxylation is 1. The number of nitrogen functional groups attached to an aromatic ring is 2. The molecule has 202 valence electrons. The third-order valence-electron chi connectivity index (χ3n) is 5.20. The Labute approximate surface area is 222 Å². The van der Waals surface area contributed by atoms with Crippen LogP contribution in [0, 0.1) is 5.41 Å². The largest absolute Gasteiger partial charge is 0.484 e. The van der Waals surface area contributed by atoms with Gasteiger partial charge in [0.2, 0.25) is 0 Å². The van der Waals surface area contributed by atoms with E-state index in [4.69, 9.17) is 33.2 Å². The molecule has 0 fully saturated rings. The van der Waals surface area contributed by atoms with Gasteiger partial charge in [-0.3, -0.25) is 20.3 Å². The minimum Gasteiger partial charge on any atom is -0.484 e. The van der Waals surface area contributed by atoms with Crippen molar-refractivity contribution in [2.75, 3.05) is 51.8 Å². The molecule has 0 saturated carbocycles. The number of aromatic nitrogens is 2. The fourth-order valence-corrected chi connectivity index (χ4v) is 3.35. The minimum absolute atomic E-state index is 0.00821. The summed E-state index contributed by atoms with van der Waals surface area (Å²) in [5.41, 5.74) is 12.1. The summed E-state index contributed by atoms with van der Waals surface area (Å²) in [7, 11) is 4.06. The molecule has 0 bridgehead atoms. The van der Waals surface area contributed by atoms with Crippen molar-refractivity contribution in [3.05, 3.63) is 40.7 Å². The Kier molecular flexibility index (Phi) is 12.4. The summed E-state index contributed by atoms with van der Waals surface area (Å²) in [6, 6.07) is 7.63. The van der Waals surface area contributed by atoms with Gasteiger partial charge >= 0.3 is 0 Å². The van der Waals surface area contributed by atoms with E-state index in [2.05, 4.69) is 30.8 Å². The van der Waals surface area contributed by atoms with E-state index in [-0.39, 0.29) is 41.0 Å². The summed E-state index contributed by atoms with van der Waals surface area (Å²) in [4.78, 5) is 33.8. The summed E-state index contributed by atoms with van der Waals surface area (Å²) in [6.07, 6.45) is 4.46. The highest BCUT2D eigenvalue weighted by molar-refractivity contribution is 6.31. The molecule has 0 spiro atoms. The number of nitrogens with two attached hydrogens (primary N) is 2. The summed E-state index contributed by atoms with van der Waals surface area (Å²) < 4.78 is 5.55. The smallest absolute Gasteiger partial charge is 0.280 e. The maximum atomic E-state index is 12.2. The third-order valence-corrected chi connectivity index (χ3v) is 5.48. The highest BCUT2D eigenvalue weighted by Crippen LogP contribution is 2.17. The second-order valence-corrected chi connectivity index (χ2v) is 9.00. The molecule has 0 aliphatic heterocycles. The number of unbranched alkanes of at least 4 members (excludes halogenated alkanes) is 2. The first-order valence-corrected chi connectivity index (χ1v) is 12.4. The molecule has 13 heteroatoms. The molecule has 37 heavy (non-hydrogen) atoms. The molecular formula is C24H36ClN9O3. The molecule has 0 aliphatic carbocycles. The van der Waals surface area contributed by atoms with Crippen LogP contribution in [0.1, 0.15) is 41.7 Å². The zero-order valence-corrected chi connectivity index (χ0v) is 22.0. The normalized spacial score (nSPS) is 10.7. The zero-order chi connectivity index (χ0) is 27.2. The monoisotopic (exact) mass is 533 g/mol. The number of benzene rings is 1. The van der Waals surface area contributed by atoms with Crippen LogP contribution in [0.4, 0.5) is 11.6 Å². The Morgan fingerprint density at radius 1 is 1.00 bits per heavy atom. The quantitative estimate of drug-likeness (QED) is 0.119. The average Bonchev–Trinajstić information content (AvgIpc) is 2.85. The van der Waals surface area contributed by atoms with Gasteiger partial charge in [-0.2, -0.15) is 0 Å². The summed E-state index contributed by atoms with van der Waals surface area (Å²) in [6.45, 7) is 2.14. The number of hydrogen-bond donors (Lipinski definition) is 6. The lowest BCUT2D eigenvalue weighted by Gasteiger charge is -2.11. The third kappa shape index (κ3) is 11.3. The molecule has 0 saturated heterocycles. The number of carbonyl (C=O) groups excluding carboxylic acids is 2. The van der Waals surface area contributed by atoms with Crippen LogP contribution in [0.15, 0.2) is 24.3 Å². The SMILES string of the molecule is CN(C)CCCCNC(=O)COc1ccc(CCCCNC(=N)NC(=O)c2nc(Cl)c(N)nc2N)cc1. The van der Waals surface area contributed by atoms with Gasteiger partial charge in [0.1, 0.15) is 5.75 Å². The van der Waals surface area contributed by atoms with E-state index < -0.39 is 5.91 Å². The van der Waals surface area contributed by atoms with E-state index in [0.29, 0.717) is 18.8 Å². The molecular weight excluding hydrogens is 498 g/mol. The molecule has 0 unspecified atom stereocenters. The van der Waals surface area contributed by atoms with Crippen LogP contribution in [-0.2, 0) is 11.2 Å². The first kappa shape index (κ1) is 29.6. The number of carbonyl (C=O) groups is 2. The lowest BCUT2D eigenvalue weighted by Crippen LogP contribution is -2.41. The van der Waals surface area contributed by atoms with Crippen LogP contribution in [-0.4, -0.2) is 73.0 Å². The molecule has 2 rings (SSSR count). The second kappa shape index (κ2) is 15.5. The highest BCUT2D eigenvalue weighted by Gasteiger charge is 2.17. The number of nitrogens with one attached hydrogen (secondary N) is 4. The number of hydrogen-bond acceptors (Lipinski definition) is 9. The Hall–Kier alpha value is -3.64. The van der Waals surface area contributed by atoms with Crippen LogP contribution in [0.3, 0.4) is 0 Å². The Morgan fingerprint density at radius 2 is 1.68 bits per heavy atom. The number of rotatable bonds is 14. The molecule has 0 aliphatic rings. The Morgan fingerprint density at radius 3 is 2.38 bits per heavy atom. The van der Waals surface area contributed by atoms with Gasteiger partial charge in [0.05, 0.1) is 0 Å². The minimum atomic E-state index is -0.704. The van der Waals surface area contributed by atoms with Crippen LogP contribution in [0.25, 0.3) is 0 Å². The predicted octanol–water partition coefficient (Wildman–Crippen LogP) is 1.41. The van der Waals surface area contributed by atoms with Crippen molar-refractivity contribution in [2.24, 2.45) is 0 Å². The van der Waals surface area contributed by atoms with E-state index in [9.17, 15) is 9.59 Å². The van der Waals surface area contributed by atoms with Crippen molar-refractivity contribution in [3.8, 4) is 5.75 Å². The molecule has 1 heterocycles. The van der Waals surface area contributed by atoms with Crippen LogP contribution in [0.5, 0.6) is 5.75 Å². The van der Waals surface area contributed by atoms with Gasteiger partial charge in [-0.15, -0.1) is 0 Å². The first-order valence-electron chi connectivity index (χ1n) is 12.0. The zero-order valence-electron chi connectivity index (χ0n) is 21.3. The Bertz CT molecular complexity index is 1050. The molecule has 0 radical (unpaired) electrons. The van der Waals surface area contributed by atoms with Crippen molar-refractivity contribution in [1.29, 1.82) is 5.41 Å². The van der Waals surface area contributed by atoms with Gasteiger partial charge in [-0.25, -0.2) is 9.97 Å². The van der Waals surface area contributed by atoms with Crippen LogP contribution >= 0.6 is 11.6 Å². The van der Waals surface area contributed by atoms with E-state index in [1.54, 1.807) is 0 Å². The predicted molar refractivity (Wildman–Crippen MR) is 145 cm³/mol. The van der Waals surface area contributed by atoms with Crippen LogP contribution in [0.2, 0.25) is 5.15 Å². The van der Waals surface area contributed by atoms with E-state index in [0.717, 1.165) is 44.2 Å². The summed E-state index contributed by atoms with van der Waals surface area (Å²) >= 11 is 5.78. The summed E-state index contributed by atoms with van der Waals surface area (Å²) in [5, 5.41) is 15.8. The Balaban J connectivity index is 1.59. The topological polar surface area (TPSA) is 184 Å². The average molecular weight is 534 g/mol. The van der Waals surface area contributed by atoms with E-state index >= 15 is 0 Å². The number of anilines is 2. The van der Waals surface area contributed by atoms with Gasteiger partial charge in [-0.1, -0.05) is 23.7 Å². The maximum Gasteiger partial charge on any atom is 0.280 e. The van der Waals surface area contributed by atoms with Gasteiger partial charge in [0, 0.05) is 13.1 Å². The van der Waals surface area contributed by atoms with Gasteiger partial charge in [0.25, 0.3) is 11.8 Å². The molecule has 2 amide bonds. The van der Waals surface area contributed by atoms with Crippen molar-refractivity contribution >= 4 is 41.0 Å². The van der Waals surface area contributed by atoms with Crippen molar-refractivity contribution in [2.45, 2.75) is 32.1 Å². The number of amides is 2. The maximum absolute atomic E-state index is 12.2. The number of nitrogens with zero attached hydrogens (tertiary/aromatic N) is 3. The highest BCUT2D eigenvalue weighted by atomic mass is 35.5. The standard InChI is InChI=1S/C24H36ClN9O3/c1-34(2)14-6-5-12-29-18(35)15-37-17-10-8-16(9-11-17)7-3-4-13-30-24(28)33-23(36)19-21(26)32-22(27)20(25)31-19/h8-11H,3-7,12-15H2,1-2H3,(H,29,35)(H4,26,27,32)(H3,28,30,33,36). The van der Waals surface area contributed by atoms with Crippen molar-refractivity contribution in [1.82, 2.24) is 30.8 Å².